The number of hydrogen-bond acceptors (Lipinski definition) is 11. The Labute approximate surface area is 212 Å². The van der Waals surface area contributed by atoms with Gasteiger partial charge in [0, 0.05) is 18.6 Å². The lowest BCUT2D eigenvalue weighted by Crippen LogP contribution is -2.70. The van der Waals surface area contributed by atoms with Crippen LogP contribution in [0.1, 0.15) is 0 Å². The van der Waals surface area contributed by atoms with Gasteiger partial charge in [-0.2, -0.15) is 0 Å². The molecule has 1 fully saturated rings. The molecule has 15 heteroatoms. The van der Waals surface area contributed by atoms with Gasteiger partial charge in [0.15, 0.2) is 11.8 Å². The lowest BCUT2D eigenvalue weighted by atomic mass is 10.0. The number of β-lactam (4-membered cyclic amide) rings is 1. The second-order valence-electron chi connectivity index (χ2n) is 7.64. The van der Waals surface area contributed by atoms with Crippen molar-refractivity contribution < 1.29 is 34.1 Å². The highest BCUT2D eigenvalue weighted by atomic mass is 32.2. The van der Waals surface area contributed by atoms with Crippen molar-refractivity contribution >= 4 is 41.3 Å². The molecule has 190 valence electrons. The maximum Gasteiger partial charge on any atom is 0.352 e. The summed E-state index contributed by atoms with van der Waals surface area (Å²) in [6.45, 7) is -0.316. The molecular weight excluding hydrogens is 514 g/mol. The summed E-state index contributed by atoms with van der Waals surface area (Å²) in [5, 5.41) is 28.5. The summed E-state index contributed by atoms with van der Waals surface area (Å²) in [6.07, 6.45) is 0. The number of fused-ring (bicyclic) bond motifs is 1. The number of thioether (sulfide) groups is 2. The van der Waals surface area contributed by atoms with Gasteiger partial charge in [-0.3, -0.25) is 23.9 Å². The molecule has 0 bridgehead atoms. The van der Waals surface area contributed by atoms with Crippen LogP contribution < -0.4 is 20.3 Å². The Kier molecular flexibility index (Phi) is 7.40. The molecule has 2 amide bonds. The van der Waals surface area contributed by atoms with Crippen LogP contribution >= 0.6 is 23.5 Å². The number of carbonyl (C=O) groups excluding carboxylic acids is 2. The fraction of sp³-hybridized carbons (Fsp3) is 0.333. The van der Waals surface area contributed by atoms with Gasteiger partial charge in [0.05, 0.1) is 7.11 Å². The number of methoxy groups -OCH3 is 1. The minimum atomic E-state index is -1.28. The van der Waals surface area contributed by atoms with Gasteiger partial charge in [-0.15, -0.1) is 22.0 Å². The molecule has 2 aliphatic heterocycles. The quantitative estimate of drug-likeness (QED) is 0.285. The summed E-state index contributed by atoms with van der Waals surface area (Å²) >= 11 is 2.37. The van der Waals surface area contributed by atoms with E-state index in [1.165, 1.54) is 25.9 Å². The molecule has 0 radical (unpaired) electrons. The van der Waals surface area contributed by atoms with E-state index in [1.54, 1.807) is 24.3 Å². The zero-order valence-corrected chi connectivity index (χ0v) is 20.7. The van der Waals surface area contributed by atoms with Crippen LogP contribution in [0.5, 0.6) is 17.4 Å². The number of nitrogens with one attached hydrogen (secondary N) is 1. The van der Waals surface area contributed by atoms with E-state index in [0.29, 0.717) is 17.1 Å². The van der Waals surface area contributed by atoms with Crippen molar-refractivity contribution in [2.24, 2.45) is 7.05 Å². The third kappa shape index (κ3) is 4.97. The number of aromatic nitrogens is 3. The fourth-order valence-corrected chi connectivity index (χ4v) is 5.94. The van der Waals surface area contributed by atoms with Crippen molar-refractivity contribution in [2.45, 2.75) is 16.6 Å². The predicted octanol–water partition coefficient (Wildman–Crippen LogP) is -0.201. The molecule has 1 aromatic carbocycles. The monoisotopic (exact) mass is 535 g/mol. The molecule has 2 aliphatic rings. The lowest BCUT2D eigenvalue weighted by Gasteiger charge is -2.49. The highest BCUT2D eigenvalue weighted by molar-refractivity contribution is 8.01. The Morgan fingerprint density at radius 3 is 2.58 bits per heavy atom. The second-order valence-corrected chi connectivity index (χ2v) is 9.68. The summed E-state index contributed by atoms with van der Waals surface area (Å²) in [5.41, 5.74) is -0.435. The number of ether oxygens (including phenoxy) is 2. The number of carboxylic acids is 1. The number of benzene rings is 1. The van der Waals surface area contributed by atoms with Crippen molar-refractivity contribution in [3.63, 3.8) is 0 Å². The maximum atomic E-state index is 12.8. The van der Waals surface area contributed by atoms with Gasteiger partial charge in [-0.05, 0) is 29.8 Å². The topological polar surface area (TPSA) is 173 Å². The number of aliphatic carboxylic acids is 1. The number of carbonyl (C=O) groups is 3. The largest absolute Gasteiger partial charge is 0.497 e. The van der Waals surface area contributed by atoms with E-state index in [1.807, 2.05) is 0 Å². The van der Waals surface area contributed by atoms with E-state index >= 15 is 0 Å². The van der Waals surface area contributed by atoms with Crippen LogP contribution in [0, 0.1) is 0 Å². The van der Waals surface area contributed by atoms with E-state index < -0.39 is 40.6 Å². The summed E-state index contributed by atoms with van der Waals surface area (Å²) in [4.78, 5) is 50.1. The lowest BCUT2D eigenvalue weighted by molar-refractivity contribution is -0.150. The zero-order chi connectivity index (χ0) is 26.0. The average Bonchev–Trinajstić information content (AvgIpc) is 2.88. The van der Waals surface area contributed by atoms with E-state index in [0.717, 1.165) is 21.2 Å². The third-order valence-electron chi connectivity index (χ3n) is 5.38. The molecule has 36 heavy (non-hydrogen) atoms. The van der Waals surface area contributed by atoms with E-state index in [-0.39, 0.29) is 29.0 Å². The number of carboxylic acid groups (broad SMARTS) is 1. The molecule has 1 saturated heterocycles. The molecular formula is C21H21N5O8S2. The van der Waals surface area contributed by atoms with Crippen molar-refractivity contribution in [3.05, 3.63) is 45.9 Å². The zero-order valence-electron chi connectivity index (χ0n) is 19.0. The van der Waals surface area contributed by atoms with Crippen LogP contribution in [0.25, 0.3) is 0 Å². The highest BCUT2D eigenvalue weighted by Crippen LogP contribution is 2.41. The molecule has 0 saturated carbocycles. The first-order valence-electron chi connectivity index (χ1n) is 10.4. The minimum absolute atomic E-state index is 0.130. The normalized spacial score (nSPS) is 18.8. The highest BCUT2D eigenvalue weighted by Gasteiger charge is 2.54. The van der Waals surface area contributed by atoms with Crippen molar-refractivity contribution in [1.82, 2.24) is 25.0 Å². The Balaban J connectivity index is 1.39. The third-order valence-corrected chi connectivity index (χ3v) is 7.83. The molecule has 3 N–H and O–H groups in total. The van der Waals surface area contributed by atoms with Gasteiger partial charge in [-0.25, -0.2) is 4.79 Å². The van der Waals surface area contributed by atoms with Gasteiger partial charge in [0.1, 0.15) is 28.6 Å². The summed E-state index contributed by atoms with van der Waals surface area (Å²) in [7, 11) is 2.94. The molecule has 1 unspecified atom stereocenters. The Morgan fingerprint density at radius 1 is 1.22 bits per heavy atom. The molecule has 0 aliphatic carbocycles. The number of hydrogen-bond donors (Lipinski definition) is 3. The summed E-state index contributed by atoms with van der Waals surface area (Å²) < 4.78 is 11.6. The van der Waals surface area contributed by atoms with Gasteiger partial charge < -0.3 is 25.0 Å². The van der Waals surface area contributed by atoms with Crippen LogP contribution in [-0.2, 0) is 21.4 Å². The Bertz CT molecular complexity index is 1300. The fourth-order valence-electron chi connectivity index (χ4n) is 3.54. The molecule has 13 nitrogen and oxygen atoms in total. The maximum absolute atomic E-state index is 12.8. The van der Waals surface area contributed by atoms with Gasteiger partial charge >= 0.3 is 11.5 Å². The molecule has 1 aromatic heterocycles. The number of nitrogens with zero attached hydrogens (tertiary/aromatic N) is 4. The molecule has 0 spiro atoms. The van der Waals surface area contributed by atoms with Crippen LogP contribution in [0.4, 0.5) is 0 Å². The Hall–Kier alpha value is -3.72. The molecule has 3 heterocycles. The standard InChI is InChI=1S/C21H21N5O8S2/c1-25-18(30)16(28)23-24-21(25)36-9-10-8-35-19-14(17(29)26(19)15(10)20(31)32)22-13(27)7-34-12-5-3-11(33-2)4-6-12/h3-6,14,19H,7-9H2,1-2H3,(H,22,27)(H,23,28)(H,31,32)/t14?,19-/m1/s1. The minimum Gasteiger partial charge on any atom is -0.497 e. The SMILES string of the molecule is COc1ccc(OCC(=O)NC2C(=O)N3C(C(=O)O)=C(CSc4nnc(O)c(=O)n4C)CS[C@H]23)cc1. The first-order valence-corrected chi connectivity index (χ1v) is 12.5. The van der Waals surface area contributed by atoms with Crippen molar-refractivity contribution in [3.8, 4) is 17.4 Å². The smallest absolute Gasteiger partial charge is 0.352 e. The van der Waals surface area contributed by atoms with Crippen LogP contribution in [0.2, 0.25) is 0 Å². The first kappa shape index (κ1) is 25.4. The molecule has 2 atom stereocenters. The number of rotatable bonds is 9. The molecule has 2 aromatic rings. The van der Waals surface area contributed by atoms with Gasteiger partial charge in [0.25, 0.3) is 17.7 Å². The summed E-state index contributed by atoms with van der Waals surface area (Å²) in [6, 6.07) is 5.77. The second kappa shape index (κ2) is 10.5. The Morgan fingerprint density at radius 2 is 1.92 bits per heavy atom. The summed E-state index contributed by atoms with van der Waals surface area (Å²) in [5.74, 6) is -1.56. The average molecular weight is 536 g/mol. The van der Waals surface area contributed by atoms with E-state index in [2.05, 4.69) is 15.5 Å². The van der Waals surface area contributed by atoms with E-state index in [9.17, 15) is 29.4 Å². The predicted molar refractivity (Wildman–Crippen MR) is 128 cm³/mol. The van der Waals surface area contributed by atoms with Crippen molar-refractivity contribution in [2.75, 3.05) is 25.2 Å². The van der Waals surface area contributed by atoms with Crippen LogP contribution in [0.3, 0.4) is 0 Å². The van der Waals surface area contributed by atoms with Gasteiger partial charge in [-0.1, -0.05) is 11.8 Å². The number of amides is 2. The first-order chi connectivity index (χ1) is 17.2. The molecule has 4 rings (SSSR count). The van der Waals surface area contributed by atoms with Gasteiger partial charge in [0.2, 0.25) is 0 Å². The van der Waals surface area contributed by atoms with Crippen molar-refractivity contribution in [1.29, 1.82) is 0 Å². The van der Waals surface area contributed by atoms with Crippen LogP contribution in [0.15, 0.2) is 45.5 Å². The number of aromatic hydroxyl groups is 1. The van der Waals surface area contributed by atoms with Crippen LogP contribution in [-0.4, -0.2) is 84.3 Å². The van der Waals surface area contributed by atoms with E-state index in [4.69, 9.17) is 9.47 Å².